The molecular weight excluding hydrogens is 652 g/mol. The molecule has 2 bridgehead atoms. The highest BCUT2D eigenvalue weighted by atomic mass is 16.7. The summed E-state index contributed by atoms with van der Waals surface area (Å²) in [6.45, 7) is 2.69. The van der Waals surface area contributed by atoms with Gasteiger partial charge in [-0.25, -0.2) is 4.79 Å². The standard InChI is InChI=1S/C33H46O16/c1-32(16-9-21(49-29(16)42)33(2)15(28(41)43-3)5-4-6-20(32)33)10-17(14-7-8-44-12-14)46-31-27(40)25(38)23(36)19(48-31)13-45-30-26(39)24(37)22(35)18(11-34)47-30/h5,7-8,12,16-27,30-31,34-40H,4,6,9-11,13H2,1-3H3/t16?,17?,18-,19-,20?,21?,22-,23-,24+,25+,26-,27-,30-,31-,32?,33?/m1/s1. The Balaban J connectivity index is 1.24. The van der Waals surface area contributed by atoms with Crippen LogP contribution in [0.5, 0.6) is 0 Å². The number of furan rings is 1. The molecule has 49 heavy (non-hydrogen) atoms. The molecule has 0 radical (unpaired) electrons. The van der Waals surface area contributed by atoms with Gasteiger partial charge in [-0.2, -0.15) is 0 Å². The number of carbonyl (C=O) groups excluding carboxylic acids is 2. The summed E-state index contributed by atoms with van der Waals surface area (Å²) in [4.78, 5) is 26.4. The molecule has 3 aliphatic heterocycles. The molecule has 1 aromatic heterocycles. The van der Waals surface area contributed by atoms with Gasteiger partial charge in [0.25, 0.3) is 0 Å². The number of esters is 2. The van der Waals surface area contributed by atoms with Crippen molar-refractivity contribution in [2.24, 2.45) is 22.7 Å². The zero-order valence-electron chi connectivity index (χ0n) is 27.4. The summed E-state index contributed by atoms with van der Waals surface area (Å²) in [5, 5.41) is 72.6. The van der Waals surface area contributed by atoms with E-state index in [-0.39, 0.29) is 18.3 Å². The van der Waals surface area contributed by atoms with E-state index in [0.29, 0.717) is 30.4 Å². The lowest BCUT2D eigenvalue weighted by Crippen LogP contribution is -2.62. The Bertz CT molecular complexity index is 1370. The Morgan fingerprint density at radius 2 is 1.65 bits per heavy atom. The van der Waals surface area contributed by atoms with Crippen molar-refractivity contribution in [3.8, 4) is 0 Å². The fourth-order valence-corrected chi connectivity index (χ4v) is 8.77. The van der Waals surface area contributed by atoms with Crippen molar-refractivity contribution in [2.75, 3.05) is 20.3 Å². The molecule has 4 fully saturated rings. The van der Waals surface area contributed by atoms with Crippen LogP contribution in [0.2, 0.25) is 0 Å². The van der Waals surface area contributed by atoms with E-state index in [0.717, 1.165) is 0 Å². The van der Waals surface area contributed by atoms with Crippen molar-refractivity contribution < 1.29 is 78.2 Å². The highest BCUT2D eigenvalue weighted by Gasteiger charge is 2.67. The highest BCUT2D eigenvalue weighted by molar-refractivity contribution is 5.91. The van der Waals surface area contributed by atoms with Gasteiger partial charge in [-0.1, -0.05) is 19.9 Å². The third kappa shape index (κ3) is 6.14. The number of allylic oxidation sites excluding steroid dienone is 1. The van der Waals surface area contributed by atoms with E-state index < -0.39 is 110 Å². The van der Waals surface area contributed by atoms with Crippen molar-refractivity contribution in [3.05, 3.63) is 35.8 Å². The van der Waals surface area contributed by atoms with Crippen molar-refractivity contribution in [1.82, 2.24) is 0 Å². The maximum absolute atomic E-state index is 13.4. The number of carbonyl (C=O) groups is 2. The third-order valence-electron chi connectivity index (χ3n) is 11.5. The Morgan fingerprint density at radius 1 is 0.980 bits per heavy atom. The van der Waals surface area contributed by atoms with Crippen LogP contribution in [0, 0.1) is 22.7 Å². The molecule has 6 rings (SSSR count). The monoisotopic (exact) mass is 698 g/mol. The second kappa shape index (κ2) is 13.9. The van der Waals surface area contributed by atoms with E-state index >= 15 is 0 Å². The largest absolute Gasteiger partial charge is 0.472 e. The zero-order chi connectivity index (χ0) is 35.4. The van der Waals surface area contributed by atoms with E-state index in [4.69, 9.17) is 32.8 Å². The summed E-state index contributed by atoms with van der Waals surface area (Å²) < 4.78 is 39.7. The summed E-state index contributed by atoms with van der Waals surface area (Å²) >= 11 is 0. The first-order valence-electron chi connectivity index (χ1n) is 16.5. The number of hydrogen-bond acceptors (Lipinski definition) is 16. The van der Waals surface area contributed by atoms with Crippen LogP contribution in [0.25, 0.3) is 0 Å². The summed E-state index contributed by atoms with van der Waals surface area (Å²) in [5.74, 6) is -1.62. The second-order valence-corrected chi connectivity index (χ2v) is 14.2. The maximum Gasteiger partial charge on any atom is 0.334 e. The number of aliphatic hydroxyl groups excluding tert-OH is 7. The van der Waals surface area contributed by atoms with E-state index in [9.17, 15) is 45.3 Å². The van der Waals surface area contributed by atoms with Crippen LogP contribution in [0.4, 0.5) is 0 Å². The van der Waals surface area contributed by atoms with Crippen molar-refractivity contribution in [1.29, 1.82) is 0 Å². The van der Waals surface area contributed by atoms with Crippen LogP contribution in [0.1, 0.15) is 51.2 Å². The van der Waals surface area contributed by atoms with Gasteiger partial charge in [0.15, 0.2) is 12.6 Å². The molecule has 1 saturated carbocycles. The summed E-state index contributed by atoms with van der Waals surface area (Å²) in [6.07, 6.45) is -10.7. The Hall–Kier alpha value is -2.48. The van der Waals surface area contributed by atoms with Crippen LogP contribution in [0.15, 0.2) is 34.7 Å². The topological polar surface area (TPSA) is 244 Å². The number of hydrogen-bond donors (Lipinski definition) is 7. The molecule has 16 atom stereocenters. The minimum Gasteiger partial charge on any atom is -0.472 e. The average Bonchev–Trinajstić information content (AvgIpc) is 3.76. The van der Waals surface area contributed by atoms with Crippen LogP contribution in [-0.2, 0) is 38.0 Å². The number of aliphatic hydroxyl groups is 7. The van der Waals surface area contributed by atoms with Gasteiger partial charge in [0.05, 0.1) is 44.9 Å². The molecule has 1 aromatic rings. The predicted octanol–water partition coefficient (Wildman–Crippen LogP) is -1.18. The number of methoxy groups -OCH3 is 1. The van der Waals surface area contributed by atoms with E-state index in [2.05, 4.69) is 0 Å². The van der Waals surface area contributed by atoms with Gasteiger partial charge < -0.3 is 68.6 Å². The van der Waals surface area contributed by atoms with Crippen molar-refractivity contribution in [2.45, 2.75) is 113 Å². The molecule has 16 nitrogen and oxygen atoms in total. The molecule has 2 aliphatic carbocycles. The Morgan fingerprint density at radius 3 is 2.31 bits per heavy atom. The maximum atomic E-state index is 13.4. The molecular formula is C33H46O16. The average molecular weight is 699 g/mol. The van der Waals surface area contributed by atoms with Gasteiger partial charge in [0.1, 0.15) is 54.9 Å². The minimum absolute atomic E-state index is 0.186. The van der Waals surface area contributed by atoms with Gasteiger partial charge in [0.2, 0.25) is 0 Å². The summed E-state index contributed by atoms with van der Waals surface area (Å²) in [6, 6.07) is 1.66. The Labute approximate surface area is 282 Å². The van der Waals surface area contributed by atoms with Crippen LogP contribution in [-0.4, -0.2) is 136 Å². The second-order valence-electron chi connectivity index (χ2n) is 14.2. The molecule has 274 valence electrons. The fourth-order valence-electron chi connectivity index (χ4n) is 8.77. The first-order valence-corrected chi connectivity index (χ1v) is 16.5. The SMILES string of the molecule is COC(=O)C1=CCCC2C(C)(CC(O[C@@H]3O[C@H](CO[C@@H]4O[C@H](CO)[C@@H](O)[C@H](O)[C@H]4O)[C@@H](O)[C@H](O)[C@H]3O)c3ccoc3)C3CC(OC3=O)C12C. The molecule has 4 heterocycles. The third-order valence-corrected chi connectivity index (χ3v) is 11.5. The van der Waals surface area contributed by atoms with E-state index in [1.165, 1.54) is 19.6 Å². The van der Waals surface area contributed by atoms with Crippen molar-refractivity contribution >= 4 is 11.9 Å². The normalized spacial score (nSPS) is 45.6. The summed E-state index contributed by atoms with van der Waals surface area (Å²) in [7, 11) is 1.31. The highest BCUT2D eigenvalue weighted by Crippen LogP contribution is 2.66. The number of rotatable bonds is 10. The van der Waals surface area contributed by atoms with E-state index in [1.54, 1.807) is 6.07 Å². The molecule has 0 amide bonds. The van der Waals surface area contributed by atoms with Gasteiger partial charge in [-0.15, -0.1) is 0 Å². The van der Waals surface area contributed by atoms with Gasteiger partial charge in [-0.05, 0) is 43.1 Å². The fraction of sp³-hybridized carbons (Fsp3) is 0.758. The van der Waals surface area contributed by atoms with Gasteiger partial charge in [0, 0.05) is 16.6 Å². The van der Waals surface area contributed by atoms with Crippen LogP contribution >= 0.6 is 0 Å². The zero-order valence-corrected chi connectivity index (χ0v) is 27.4. The van der Waals surface area contributed by atoms with Gasteiger partial charge >= 0.3 is 11.9 Å². The molecule has 6 unspecified atom stereocenters. The van der Waals surface area contributed by atoms with Crippen LogP contribution in [0.3, 0.4) is 0 Å². The minimum atomic E-state index is -1.77. The van der Waals surface area contributed by atoms with Crippen molar-refractivity contribution in [3.63, 3.8) is 0 Å². The molecule has 16 heteroatoms. The summed E-state index contributed by atoms with van der Waals surface area (Å²) in [5.41, 5.74) is -0.654. The first-order chi connectivity index (χ1) is 23.3. The Kier molecular flexibility index (Phi) is 10.3. The quantitative estimate of drug-likeness (QED) is 0.142. The lowest BCUT2D eigenvalue weighted by molar-refractivity contribution is -0.337. The smallest absolute Gasteiger partial charge is 0.334 e. The van der Waals surface area contributed by atoms with Crippen LogP contribution < -0.4 is 0 Å². The molecule has 0 aromatic carbocycles. The number of ether oxygens (including phenoxy) is 6. The lowest BCUT2D eigenvalue weighted by Gasteiger charge is -2.56. The molecule has 0 spiro atoms. The van der Waals surface area contributed by atoms with E-state index in [1.807, 2.05) is 19.9 Å². The number of fused-ring (bicyclic) bond motifs is 4. The molecule has 3 saturated heterocycles. The lowest BCUT2D eigenvalue weighted by atomic mass is 9.46. The van der Waals surface area contributed by atoms with Gasteiger partial charge in [-0.3, -0.25) is 4.79 Å². The molecule has 5 aliphatic rings. The molecule has 7 N–H and O–H groups in total. The first kappa shape index (κ1) is 36.3. The predicted molar refractivity (Wildman–Crippen MR) is 161 cm³/mol.